The summed E-state index contributed by atoms with van der Waals surface area (Å²) in [6, 6.07) is 8.99. The second kappa shape index (κ2) is 9.30. The molecule has 0 radical (unpaired) electrons. The Morgan fingerprint density at radius 2 is 1.91 bits per heavy atom. The maximum atomic E-state index is 13.0. The van der Waals surface area contributed by atoms with Crippen molar-refractivity contribution in [2.45, 2.75) is 64.3 Å². The van der Waals surface area contributed by atoms with Crippen molar-refractivity contribution in [2.24, 2.45) is 7.05 Å². The fraction of sp³-hybridized carbons (Fsp3) is 0.462. The van der Waals surface area contributed by atoms with Gasteiger partial charge in [-0.1, -0.05) is 12.1 Å². The monoisotopic (exact) mass is 479 g/mol. The lowest BCUT2D eigenvalue weighted by atomic mass is 9.87. The molecule has 9 heteroatoms. The molecule has 0 unspecified atom stereocenters. The lowest BCUT2D eigenvalue weighted by molar-refractivity contribution is -0.186. The predicted molar refractivity (Wildman–Crippen MR) is 133 cm³/mol. The standard InChI is InChI=1S/C26H33N5O4/c1-25(2)14-21(15-26(3,4)35-25)34-24(33)30(6)19-9-7-8-18(12-19)13-22-23(32)10-11-31(28-22)20-16-27-29(5)17-20/h7-12,16-17,21H,13-15H2,1-6H3. The molecule has 3 aromatic rings. The maximum Gasteiger partial charge on any atom is 0.414 e. The molecule has 0 atom stereocenters. The van der Waals surface area contributed by atoms with Gasteiger partial charge < -0.3 is 9.47 Å². The van der Waals surface area contributed by atoms with Crippen molar-refractivity contribution in [3.05, 3.63) is 70.4 Å². The molecule has 3 heterocycles. The van der Waals surface area contributed by atoms with Crippen LogP contribution in [0.1, 0.15) is 51.8 Å². The third-order valence-corrected chi connectivity index (χ3v) is 6.04. The summed E-state index contributed by atoms with van der Waals surface area (Å²) in [7, 11) is 3.51. The molecule has 1 amide bonds. The molecule has 4 rings (SSSR count). The Bertz CT molecular complexity index is 1260. The van der Waals surface area contributed by atoms with Crippen LogP contribution in [0.5, 0.6) is 0 Å². The van der Waals surface area contributed by atoms with E-state index in [-0.39, 0.29) is 22.7 Å². The number of ether oxygens (including phenoxy) is 2. The summed E-state index contributed by atoms with van der Waals surface area (Å²) in [4.78, 5) is 26.9. The molecule has 0 saturated carbocycles. The van der Waals surface area contributed by atoms with E-state index in [4.69, 9.17) is 9.47 Å². The molecule has 1 saturated heterocycles. The Kier molecular flexibility index (Phi) is 6.55. The molecule has 186 valence electrons. The van der Waals surface area contributed by atoms with Crippen LogP contribution in [-0.4, -0.2) is 50.0 Å². The summed E-state index contributed by atoms with van der Waals surface area (Å²) in [5.74, 6) is 0. The van der Waals surface area contributed by atoms with Gasteiger partial charge in [0, 0.05) is 51.3 Å². The van der Waals surface area contributed by atoms with Crippen LogP contribution in [0.25, 0.3) is 5.69 Å². The number of amides is 1. The number of anilines is 1. The van der Waals surface area contributed by atoms with E-state index in [9.17, 15) is 9.59 Å². The highest BCUT2D eigenvalue weighted by molar-refractivity contribution is 5.87. The number of hydrogen-bond donors (Lipinski definition) is 0. The fourth-order valence-electron chi connectivity index (χ4n) is 4.72. The van der Waals surface area contributed by atoms with E-state index in [2.05, 4.69) is 10.2 Å². The third kappa shape index (κ3) is 5.97. The highest BCUT2D eigenvalue weighted by Gasteiger charge is 2.41. The van der Waals surface area contributed by atoms with Crippen LogP contribution in [0.3, 0.4) is 0 Å². The first-order valence-corrected chi connectivity index (χ1v) is 11.7. The van der Waals surface area contributed by atoms with E-state index in [1.165, 1.54) is 11.0 Å². The van der Waals surface area contributed by atoms with E-state index < -0.39 is 6.09 Å². The Morgan fingerprint density at radius 3 is 2.57 bits per heavy atom. The van der Waals surface area contributed by atoms with Crippen molar-refractivity contribution < 1.29 is 14.3 Å². The van der Waals surface area contributed by atoms with E-state index in [1.54, 1.807) is 28.8 Å². The number of carbonyl (C=O) groups excluding carboxylic acids is 1. The molecular formula is C26H33N5O4. The normalized spacial score (nSPS) is 17.2. The summed E-state index contributed by atoms with van der Waals surface area (Å²) in [5.41, 5.74) is 1.85. The zero-order valence-electron chi connectivity index (χ0n) is 21.2. The van der Waals surface area contributed by atoms with Crippen molar-refractivity contribution in [1.82, 2.24) is 19.6 Å². The first-order valence-electron chi connectivity index (χ1n) is 11.7. The number of hydrogen-bond acceptors (Lipinski definition) is 6. The first-order chi connectivity index (χ1) is 16.4. The maximum absolute atomic E-state index is 13.0. The van der Waals surface area contributed by atoms with Crippen LogP contribution in [0.4, 0.5) is 10.5 Å². The smallest absolute Gasteiger partial charge is 0.414 e. The highest BCUT2D eigenvalue weighted by Crippen LogP contribution is 2.36. The van der Waals surface area contributed by atoms with Gasteiger partial charge in [0.1, 0.15) is 17.5 Å². The molecule has 0 bridgehead atoms. The van der Waals surface area contributed by atoms with Gasteiger partial charge in [-0.15, -0.1) is 0 Å². The van der Waals surface area contributed by atoms with Gasteiger partial charge in [-0.05, 0) is 45.4 Å². The van der Waals surface area contributed by atoms with Gasteiger partial charge in [0.25, 0.3) is 0 Å². The second-order valence-corrected chi connectivity index (χ2v) is 10.4. The average molecular weight is 480 g/mol. The van der Waals surface area contributed by atoms with Gasteiger partial charge in [0.15, 0.2) is 0 Å². The number of benzene rings is 1. The molecule has 9 nitrogen and oxygen atoms in total. The Hall–Kier alpha value is -3.46. The highest BCUT2D eigenvalue weighted by atomic mass is 16.6. The summed E-state index contributed by atoms with van der Waals surface area (Å²) < 4.78 is 15.3. The largest absolute Gasteiger partial charge is 0.446 e. The summed E-state index contributed by atoms with van der Waals surface area (Å²) in [6.07, 6.45) is 6.09. The van der Waals surface area contributed by atoms with Crippen molar-refractivity contribution in [3.63, 3.8) is 0 Å². The van der Waals surface area contributed by atoms with Gasteiger partial charge in [-0.3, -0.25) is 14.4 Å². The van der Waals surface area contributed by atoms with Crippen LogP contribution >= 0.6 is 0 Å². The van der Waals surface area contributed by atoms with Crippen LogP contribution in [-0.2, 0) is 22.9 Å². The molecule has 1 aromatic carbocycles. The SMILES string of the molecule is CN(C(=O)OC1CC(C)(C)OC(C)(C)C1)c1cccc(Cc2nn(-c3cnn(C)c3)ccc2=O)c1. The van der Waals surface area contributed by atoms with Crippen molar-refractivity contribution in [1.29, 1.82) is 0 Å². The topological polar surface area (TPSA) is 91.5 Å². The zero-order valence-corrected chi connectivity index (χ0v) is 21.2. The minimum Gasteiger partial charge on any atom is -0.446 e. The van der Waals surface area contributed by atoms with Crippen molar-refractivity contribution in [3.8, 4) is 5.69 Å². The molecule has 0 spiro atoms. The van der Waals surface area contributed by atoms with Crippen LogP contribution in [0, 0.1) is 0 Å². The minimum atomic E-state index is -0.419. The fourth-order valence-corrected chi connectivity index (χ4v) is 4.72. The molecule has 1 aliphatic rings. The third-order valence-electron chi connectivity index (χ3n) is 6.04. The molecule has 35 heavy (non-hydrogen) atoms. The van der Waals surface area contributed by atoms with Crippen LogP contribution < -0.4 is 10.3 Å². The average Bonchev–Trinajstić information content (AvgIpc) is 3.19. The zero-order chi connectivity index (χ0) is 25.4. The number of carbonyl (C=O) groups is 1. The van der Waals surface area contributed by atoms with E-state index in [0.717, 1.165) is 11.3 Å². The van der Waals surface area contributed by atoms with Gasteiger partial charge in [-0.25, -0.2) is 9.48 Å². The van der Waals surface area contributed by atoms with Crippen LogP contribution in [0.15, 0.2) is 53.7 Å². The van der Waals surface area contributed by atoms with Crippen molar-refractivity contribution in [2.75, 3.05) is 11.9 Å². The van der Waals surface area contributed by atoms with Gasteiger partial charge in [-0.2, -0.15) is 10.2 Å². The molecule has 1 fully saturated rings. The van der Waals surface area contributed by atoms with E-state index >= 15 is 0 Å². The number of nitrogens with zero attached hydrogens (tertiary/aromatic N) is 5. The summed E-state index contributed by atoms with van der Waals surface area (Å²) >= 11 is 0. The van der Waals surface area contributed by atoms with Crippen molar-refractivity contribution >= 4 is 11.8 Å². The number of rotatable bonds is 5. The van der Waals surface area contributed by atoms with Gasteiger partial charge >= 0.3 is 6.09 Å². The van der Waals surface area contributed by atoms with Crippen LogP contribution in [0.2, 0.25) is 0 Å². The molecule has 1 aliphatic heterocycles. The number of aromatic nitrogens is 4. The lowest BCUT2D eigenvalue weighted by Crippen LogP contribution is -2.49. The van der Waals surface area contributed by atoms with Gasteiger partial charge in [0.2, 0.25) is 5.43 Å². The summed E-state index contributed by atoms with van der Waals surface area (Å²) in [6.45, 7) is 8.06. The Labute approximate surface area is 205 Å². The minimum absolute atomic E-state index is 0.145. The molecule has 0 aliphatic carbocycles. The Balaban J connectivity index is 1.48. The summed E-state index contributed by atoms with van der Waals surface area (Å²) in [5, 5.41) is 8.65. The predicted octanol–water partition coefficient (Wildman–Crippen LogP) is 3.87. The second-order valence-electron chi connectivity index (χ2n) is 10.4. The molecular weight excluding hydrogens is 446 g/mol. The van der Waals surface area contributed by atoms with E-state index in [0.29, 0.717) is 30.6 Å². The van der Waals surface area contributed by atoms with Gasteiger partial charge in [0.05, 0.1) is 23.6 Å². The quantitative estimate of drug-likeness (QED) is 0.552. The number of aryl methyl sites for hydroxylation is 1. The van der Waals surface area contributed by atoms with E-state index in [1.807, 2.05) is 65.2 Å². The lowest BCUT2D eigenvalue weighted by Gasteiger charge is -2.44. The molecule has 0 N–H and O–H groups in total. The Morgan fingerprint density at radius 1 is 1.20 bits per heavy atom. The first kappa shape index (κ1) is 24.7. The molecule has 2 aromatic heterocycles.